The fourth-order valence-electron chi connectivity index (χ4n) is 3.57. The van der Waals surface area contributed by atoms with E-state index in [2.05, 4.69) is 24.6 Å². The molecule has 0 bridgehead atoms. The highest BCUT2D eigenvalue weighted by Gasteiger charge is 2.18. The minimum Gasteiger partial charge on any atom is -0.488 e. The Bertz CT molecular complexity index is 1350. The van der Waals surface area contributed by atoms with E-state index in [1.165, 1.54) is 17.6 Å². The number of aromatic nitrogens is 3. The van der Waals surface area contributed by atoms with Gasteiger partial charge in [-0.2, -0.15) is 0 Å². The molecule has 1 aromatic carbocycles. The summed E-state index contributed by atoms with van der Waals surface area (Å²) < 4.78 is 8.48. The lowest BCUT2D eigenvalue weighted by Crippen LogP contribution is -2.29. The van der Waals surface area contributed by atoms with E-state index in [-0.39, 0.29) is 5.56 Å². The van der Waals surface area contributed by atoms with Gasteiger partial charge in [0.2, 0.25) is 0 Å². The van der Waals surface area contributed by atoms with Crippen LogP contribution in [0.2, 0.25) is 0 Å². The topological polar surface area (TPSA) is 107 Å². The molecule has 4 heterocycles. The summed E-state index contributed by atoms with van der Waals surface area (Å²) in [4.78, 5) is 22.3. The van der Waals surface area contributed by atoms with Gasteiger partial charge in [0.05, 0.1) is 12.3 Å². The Labute approximate surface area is 188 Å². The van der Waals surface area contributed by atoms with Crippen molar-refractivity contribution in [2.24, 2.45) is 0 Å². The number of hydrogen-bond acceptors (Lipinski definition) is 8. The van der Waals surface area contributed by atoms with Crippen molar-refractivity contribution >= 4 is 33.8 Å². The Morgan fingerprint density at radius 2 is 2.12 bits per heavy atom. The number of fused-ring (bicyclic) bond motifs is 1. The summed E-state index contributed by atoms with van der Waals surface area (Å²) >= 11 is 1.21. The largest absolute Gasteiger partial charge is 0.488 e. The van der Waals surface area contributed by atoms with Gasteiger partial charge in [-0.25, -0.2) is 4.98 Å². The van der Waals surface area contributed by atoms with Crippen molar-refractivity contribution in [2.45, 2.75) is 0 Å². The minimum atomic E-state index is -0.164. The van der Waals surface area contributed by atoms with E-state index < -0.39 is 0 Å². The first-order valence-electron chi connectivity index (χ1n) is 10.0. The molecule has 5 rings (SSSR count). The highest BCUT2D eigenvalue weighted by molar-refractivity contribution is 7.10. The number of rotatable bonds is 5. The Morgan fingerprint density at radius 3 is 2.91 bits per heavy atom. The summed E-state index contributed by atoms with van der Waals surface area (Å²) in [5.41, 5.74) is 4.08. The van der Waals surface area contributed by atoms with Crippen LogP contribution in [0.4, 0.5) is 16.5 Å². The molecule has 0 aliphatic carbocycles. The normalized spacial score (nSPS) is 12.7. The highest BCUT2D eigenvalue weighted by atomic mass is 32.1. The molecule has 0 unspecified atom stereocenters. The average molecular weight is 445 g/mol. The first-order chi connectivity index (χ1) is 15.6. The maximum Gasteiger partial charge on any atom is 0.260 e. The zero-order chi connectivity index (χ0) is 22.1. The van der Waals surface area contributed by atoms with E-state index in [1.54, 1.807) is 18.5 Å². The molecular formula is C23H20N6O2S. The molecule has 8 nitrogen and oxygen atoms in total. The van der Waals surface area contributed by atoms with E-state index in [9.17, 15) is 4.79 Å². The molecule has 1 aliphatic rings. The third-order valence-corrected chi connectivity index (χ3v) is 5.98. The molecular weight excluding hydrogens is 424 g/mol. The van der Waals surface area contributed by atoms with Gasteiger partial charge in [0.1, 0.15) is 11.6 Å². The molecule has 0 saturated carbocycles. The van der Waals surface area contributed by atoms with Crippen LogP contribution in [0.15, 0.2) is 65.8 Å². The predicted octanol–water partition coefficient (Wildman–Crippen LogP) is 3.88. The molecule has 1 aliphatic heterocycles. The second-order valence-corrected chi connectivity index (χ2v) is 8.24. The van der Waals surface area contributed by atoms with Crippen LogP contribution < -0.4 is 20.5 Å². The lowest BCUT2D eigenvalue weighted by atomic mass is 9.97. The third kappa shape index (κ3) is 3.85. The average Bonchev–Trinajstić information content (AvgIpc) is 3.24. The van der Waals surface area contributed by atoms with E-state index in [0.29, 0.717) is 28.4 Å². The molecule has 3 N–H and O–H groups in total. The van der Waals surface area contributed by atoms with Gasteiger partial charge in [-0.05, 0) is 47.4 Å². The number of likely N-dealkylation sites (N-methyl/N-ethyl adjacent to an activating group) is 1. The van der Waals surface area contributed by atoms with Crippen LogP contribution in [-0.2, 0) is 0 Å². The number of anilines is 3. The Balaban J connectivity index is 1.58. The van der Waals surface area contributed by atoms with Gasteiger partial charge >= 0.3 is 0 Å². The molecule has 0 atom stereocenters. The zero-order valence-electron chi connectivity index (χ0n) is 17.3. The minimum absolute atomic E-state index is 0.164. The summed E-state index contributed by atoms with van der Waals surface area (Å²) in [7, 11) is 2.00. The van der Waals surface area contributed by atoms with Crippen LogP contribution in [0.1, 0.15) is 11.1 Å². The Kier molecular flexibility index (Phi) is 5.16. The van der Waals surface area contributed by atoms with Crippen LogP contribution in [-0.4, -0.2) is 40.3 Å². The van der Waals surface area contributed by atoms with E-state index in [4.69, 9.17) is 10.1 Å². The third-order valence-electron chi connectivity index (χ3n) is 5.23. The predicted molar refractivity (Wildman–Crippen MR) is 127 cm³/mol. The zero-order valence-corrected chi connectivity index (χ0v) is 18.1. The van der Waals surface area contributed by atoms with Crippen LogP contribution in [0.5, 0.6) is 5.75 Å². The fourth-order valence-corrected chi connectivity index (χ4v) is 4.17. The SMILES string of the molecule is CN1CCOc2cc(-c3ccc(Nc4cc(=O)[nH]s4)c(C(=N)c4cccnc4)c3)cnc21. The number of nitrogens with zero attached hydrogens (tertiary/aromatic N) is 3. The van der Waals surface area contributed by atoms with Crippen molar-refractivity contribution in [3.63, 3.8) is 0 Å². The smallest absolute Gasteiger partial charge is 0.260 e. The van der Waals surface area contributed by atoms with Crippen LogP contribution >= 0.6 is 11.5 Å². The van der Waals surface area contributed by atoms with Gasteiger partial charge in [0.25, 0.3) is 5.56 Å². The van der Waals surface area contributed by atoms with Crippen LogP contribution in [0.3, 0.4) is 0 Å². The summed E-state index contributed by atoms with van der Waals surface area (Å²) in [6, 6.07) is 13.0. The van der Waals surface area contributed by atoms with Gasteiger partial charge in [-0.3, -0.25) is 19.6 Å². The van der Waals surface area contributed by atoms with Crippen molar-refractivity contribution in [3.05, 3.63) is 82.5 Å². The van der Waals surface area contributed by atoms with Crippen molar-refractivity contribution in [3.8, 4) is 16.9 Å². The highest BCUT2D eigenvalue weighted by Crippen LogP contribution is 2.35. The summed E-state index contributed by atoms with van der Waals surface area (Å²) in [5.74, 6) is 1.57. The van der Waals surface area contributed by atoms with Gasteiger partial charge in [-0.1, -0.05) is 6.07 Å². The maximum absolute atomic E-state index is 11.5. The molecule has 0 saturated heterocycles. The van der Waals surface area contributed by atoms with Crippen molar-refractivity contribution in [1.29, 1.82) is 5.41 Å². The number of H-pyrrole nitrogens is 1. The number of pyridine rings is 2. The Hall–Kier alpha value is -3.98. The van der Waals surface area contributed by atoms with Gasteiger partial charge in [-0.15, -0.1) is 0 Å². The lowest BCUT2D eigenvalue weighted by molar-refractivity contribution is 0.309. The summed E-state index contributed by atoms with van der Waals surface area (Å²) in [5, 5.41) is 12.8. The summed E-state index contributed by atoms with van der Waals surface area (Å²) in [6.07, 6.45) is 5.17. The number of aromatic amines is 1. The standard InChI is InChI=1S/C23H20N6O2S/c1-29-7-8-31-19-10-16(13-26-23(19)29)14-4-5-18(27-21-11-20(30)28-32-21)17(9-14)22(24)15-3-2-6-25-12-15/h2-6,9-13,24,27H,7-8H2,1H3,(H,28,30). The van der Waals surface area contributed by atoms with Crippen LogP contribution in [0.25, 0.3) is 11.1 Å². The molecule has 0 spiro atoms. The fraction of sp³-hybridized carbons (Fsp3) is 0.130. The first-order valence-corrected chi connectivity index (χ1v) is 10.8. The van der Waals surface area contributed by atoms with Gasteiger partial charge < -0.3 is 15.0 Å². The van der Waals surface area contributed by atoms with Gasteiger partial charge in [0, 0.05) is 54.1 Å². The second-order valence-electron chi connectivity index (χ2n) is 7.39. The number of benzene rings is 1. The van der Waals surface area contributed by atoms with E-state index >= 15 is 0 Å². The lowest BCUT2D eigenvalue weighted by Gasteiger charge is -2.26. The van der Waals surface area contributed by atoms with Gasteiger partial charge in [0.15, 0.2) is 11.6 Å². The van der Waals surface area contributed by atoms with Crippen molar-refractivity contribution < 1.29 is 4.74 Å². The van der Waals surface area contributed by atoms with Crippen LogP contribution in [0, 0.1) is 5.41 Å². The number of ether oxygens (including phenoxy) is 1. The quantitative estimate of drug-likeness (QED) is 0.403. The number of hydrogen-bond donors (Lipinski definition) is 3. The first kappa shape index (κ1) is 20.0. The molecule has 32 heavy (non-hydrogen) atoms. The molecule has 9 heteroatoms. The molecule has 3 aromatic heterocycles. The summed E-state index contributed by atoms with van der Waals surface area (Å²) in [6.45, 7) is 1.42. The van der Waals surface area contributed by atoms with Crippen molar-refractivity contribution in [2.75, 3.05) is 30.4 Å². The molecule has 0 fully saturated rings. The van der Waals surface area contributed by atoms with E-state index in [0.717, 1.165) is 34.9 Å². The van der Waals surface area contributed by atoms with E-state index in [1.807, 2.05) is 43.6 Å². The Morgan fingerprint density at radius 1 is 1.22 bits per heavy atom. The molecule has 160 valence electrons. The molecule has 0 amide bonds. The molecule has 0 radical (unpaired) electrons. The number of nitrogens with one attached hydrogen (secondary N) is 3. The second kappa shape index (κ2) is 8.27. The molecule has 4 aromatic rings. The monoisotopic (exact) mass is 444 g/mol. The van der Waals surface area contributed by atoms with Crippen molar-refractivity contribution in [1.82, 2.24) is 14.3 Å². The maximum atomic E-state index is 11.5.